The van der Waals surface area contributed by atoms with Crippen molar-refractivity contribution in [2.75, 3.05) is 6.61 Å². The first-order chi connectivity index (χ1) is 13.9. The molecular formula is C24H30FNO3. The van der Waals surface area contributed by atoms with E-state index in [1.807, 2.05) is 36.4 Å². The first-order valence-electron chi connectivity index (χ1n) is 10.4. The summed E-state index contributed by atoms with van der Waals surface area (Å²) in [6.07, 6.45) is 3.53. The lowest BCUT2D eigenvalue weighted by Crippen LogP contribution is -2.44. The standard InChI is InChI=1S/C24H30FNO3/c1-4-28-23(27)26-22(17-7-5-6-8-17)29-21-15-11-19(12-16-21)24(2,3)18-9-13-20(25)14-10-18/h9-17,22H,4-8H2,1-3H3,(H,26,27). The summed E-state index contributed by atoms with van der Waals surface area (Å²) < 4.78 is 24.4. The van der Waals surface area contributed by atoms with E-state index in [2.05, 4.69) is 19.2 Å². The molecule has 2 aromatic carbocycles. The van der Waals surface area contributed by atoms with E-state index in [9.17, 15) is 9.18 Å². The lowest BCUT2D eigenvalue weighted by atomic mass is 9.78. The number of hydrogen-bond acceptors (Lipinski definition) is 3. The van der Waals surface area contributed by atoms with E-state index >= 15 is 0 Å². The Kier molecular flexibility index (Phi) is 6.78. The van der Waals surface area contributed by atoms with Gasteiger partial charge in [-0.3, -0.25) is 5.32 Å². The van der Waals surface area contributed by atoms with Crippen molar-refractivity contribution in [3.63, 3.8) is 0 Å². The fraction of sp³-hybridized carbons (Fsp3) is 0.458. The number of nitrogens with one attached hydrogen (secondary N) is 1. The monoisotopic (exact) mass is 399 g/mol. The summed E-state index contributed by atoms with van der Waals surface area (Å²) in [4.78, 5) is 11.9. The molecule has 3 rings (SSSR count). The van der Waals surface area contributed by atoms with Crippen LogP contribution in [-0.4, -0.2) is 18.9 Å². The van der Waals surface area contributed by atoms with Gasteiger partial charge in [-0.25, -0.2) is 9.18 Å². The van der Waals surface area contributed by atoms with Crippen LogP contribution in [0, 0.1) is 11.7 Å². The lowest BCUT2D eigenvalue weighted by molar-refractivity contribution is 0.0819. The maximum atomic E-state index is 13.3. The van der Waals surface area contributed by atoms with Crippen LogP contribution in [0.15, 0.2) is 48.5 Å². The third kappa shape index (κ3) is 5.28. The molecule has 0 bridgehead atoms. The highest BCUT2D eigenvalue weighted by Crippen LogP contribution is 2.33. The van der Waals surface area contributed by atoms with Gasteiger partial charge in [0.15, 0.2) is 6.23 Å². The zero-order valence-electron chi connectivity index (χ0n) is 17.4. The average Bonchev–Trinajstić information content (AvgIpc) is 3.23. The Labute approximate surface area is 172 Å². The Morgan fingerprint density at radius 1 is 1.07 bits per heavy atom. The van der Waals surface area contributed by atoms with Gasteiger partial charge < -0.3 is 9.47 Å². The van der Waals surface area contributed by atoms with Crippen molar-refractivity contribution in [3.05, 3.63) is 65.5 Å². The number of alkyl carbamates (subject to hydrolysis) is 1. The number of ether oxygens (including phenoxy) is 2. The molecule has 1 unspecified atom stereocenters. The summed E-state index contributed by atoms with van der Waals surface area (Å²) in [6, 6.07) is 14.5. The SMILES string of the molecule is CCOC(=O)NC(Oc1ccc(C(C)(C)c2ccc(F)cc2)cc1)C1CCCC1. The number of carbonyl (C=O) groups excluding carboxylic acids is 1. The predicted molar refractivity (Wildman–Crippen MR) is 112 cm³/mol. The molecular weight excluding hydrogens is 369 g/mol. The zero-order chi connectivity index (χ0) is 20.9. The number of halogens is 1. The molecule has 0 aliphatic heterocycles. The molecule has 4 nitrogen and oxygen atoms in total. The Hall–Kier alpha value is -2.56. The largest absolute Gasteiger partial charge is 0.470 e. The molecule has 1 saturated carbocycles. The molecule has 0 radical (unpaired) electrons. The molecule has 2 aromatic rings. The molecule has 5 heteroatoms. The van der Waals surface area contributed by atoms with E-state index in [0.717, 1.165) is 36.8 Å². The summed E-state index contributed by atoms with van der Waals surface area (Å²) in [5.74, 6) is 0.757. The Morgan fingerprint density at radius 3 is 2.17 bits per heavy atom. The molecule has 1 aliphatic carbocycles. The van der Waals surface area contributed by atoms with Gasteiger partial charge in [0.05, 0.1) is 6.61 Å². The third-order valence-corrected chi connectivity index (χ3v) is 5.77. The predicted octanol–water partition coefficient (Wildman–Crippen LogP) is 5.79. The minimum atomic E-state index is -0.446. The van der Waals surface area contributed by atoms with Gasteiger partial charge >= 0.3 is 6.09 Å². The lowest BCUT2D eigenvalue weighted by Gasteiger charge is -2.28. The maximum absolute atomic E-state index is 13.3. The highest BCUT2D eigenvalue weighted by Gasteiger charge is 2.29. The van der Waals surface area contributed by atoms with Crippen LogP contribution in [-0.2, 0) is 10.2 Å². The zero-order valence-corrected chi connectivity index (χ0v) is 17.4. The van der Waals surface area contributed by atoms with Crippen LogP contribution in [0.2, 0.25) is 0 Å². The highest BCUT2D eigenvalue weighted by molar-refractivity contribution is 5.67. The summed E-state index contributed by atoms with van der Waals surface area (Å²) in [5, 5.41) is 2.87. The molecule has 0 heterocycles. The van der Waals surface area contributed by atoms with E-state index in [4.69, 9.17) is 9.47 Å². The third-order valence-electron chi connectivity index (χ3n) is 5.77. The number of rotatable bonds is 7. The first-order valence-corrected chi connectivity index (χ1v) is 10.4. The van der Waals surface area contributed by atoms with Gasteiger partial charge in [-0.05, 0) is 55.2 Å². The van der Waals surface area contributed by atoms with E-state index in [-0.39, 0.29) is 17.2 Å². The van der Waals surface area contributed by atoms with Crippen LogP contribution < -0.4 is 10.1 Å². The van der Waals surface area contributed by atoms with Gasteiger partial charge in [-0.15, -0.1) is 0 Å². The molecule has 1 atom stereocenters. The van der Waals surface area contributed by atoms with Crippen molar-refractivity contribution in [1.29, 1.82) is 0 Å². The van der Waals surface area contributed by atoms with Gasteiger partial charge in [-0.1, -0.05) is 51.0 Å². The Balaban J connectivity index is 1.73. The number of benzene rings is 2. The first kappa shape index (κ1) is 21.2. The van der Waals surface area contributed by atoms with Gasteiger partial charge in [0.1, 0.15) is 11.6 Å². The molecule has 0 spiro atoms. The second kappa shape index (κ2) is 9.29. The fourth-order valence-corrected chi connectivity index (χ4v) is 3.92. The second-order valence-corrected chi connectivity index (χ2v) is 8.10. The Morgan fingerprint density at radius 2 is 1.62 bits per heavy atom. The molecule has 1 amide bonds. The van der Waals surface area contributed by atoms with E-state index < -0.39 is 12.3 Å². The molecule has 156 valence electrons. The minimum Gasteiger partial charge on any atom is -0.470 e. The maximum Gasteiger partial charge on any atom is 0.409 e. The highest BCUT2D eigenvalue weighted by atomic mass is 19.1. The van der Waals surface area contributed by atoms with Crippen molar-refractivity contribution in [2.24, 2.45) is 5.92 Å². The smallest absolute Gasteiger partial charge is 0.409 e. The number of amides is 1. The Bertz CT molecular complexity index is 796. The van der Waals surface area contributed by atoms with Crippen molar-refractivity contribution in [3.8, 4) is 5.75 Å². The van der Waals surface area contributed by atoms with Gasteiger partial charge in [0.2, 0.25) is 0 Å². The normalized spacial score (nSPS) is 15.7. The minimum absolute atomic E-state index is 0.236. The van der Waals surface area contributed by atoms with Crippen LogP contribution in [0.1, 0.15) is 57.6 Å². The molecule has 1 fully saturated rings. The van der Waals surface area contributed by atoms with E-state index in [0.29, 0.717) is 12.4 Å². The van der Waals surface area contributed by atoms with Crippen molar-refractivity contribution < 1.29 is 18.7 Å². The molecule has 0 aromatic heterocycles. The summed E-state index contributed by atoms with van der Waals surface area (Å²) in [6.45, 7) is 6.34. The summed E-state index contributed by atoms with van der Waals surface area (Å²) in [7, 11) is 0. The molecule has 0 saturated heterocycles. The van der Waals surface area contributed by atoms with Crippen LogP contribution in [0.4, 0.5) is 9.18 Å². The van der Waals surface area contributed by atoms with Gasteiger partial charge in [0.25, 0.3) is 0 Å². The van der Waals surface area contributed by atoms with Crippen molar-refractivity contribution in [2.45, 2.75) is 58.1 Å². The van der Waals surface area contributed by atoms with Gasteiger partial charge in [-0.2, -0.15) is 0 Å². The van der Waals surface area contributed by atoms with E-state index in [1.54, 1.807) is 6.92 Å². The number of hydrogen-bond donors (Lipinski definition) is 1. The second-order valence-electron chi connectivity index (χ2n) is 8.10. The van der Waals surface area contributed by atoms with Crippen LogP contribution in [0.3, 0.4) is 0 Å². The number of carbonyl (C=O) groups is 1. The molecule has 29 heavy (non-hydrogen) atoms. The van der Waals surface area contributed by atoms with Crippen molar-refractivity contribution in [1.82, 2.24) is 5.32 Å². The van der Waals surface area contributed by atoms with Crippen LogP contribution in [0.25, 0.3) is 0 Å². The van der Waals surface area contributed by atoms with Crippen LogP contribution >= 0.6 is 0 Å². The molecule has 1 aliphatic rings. The van der Waals surface area contributed by atoms with Crippen molar-refractivity contribution >= 4 is 6.09 Å². The van der Waals surface area contributed by atoms with E-state index in [1.165, 1.54) is 12.1 Å². The molecule has 1 N–H and O–H groups in total. The summed E-state index contributed by atoms with van der Waals surface area (Å²) >= 11 is 0. The topological polar surface area (TPSA) is 47.6 Å². The van der Waals surface area contributed by atoms with Gasteiger partial charge in [0, 0.05) is 11.3 Å². The summed E-state index contributed by atoms with van der Waals surface area (Å²) in [5.41, 5.74) is 1.88. The van der Waals surface area contributed by atoms with Crippen LogP contribution in [0.5, 0.6) is 5.75 Å². The average molecular weight is 400 g/mol. The quantitative estimate of drug-likeness (QED) is 0.599. The fourth-order valence-electron chi connectivity index (χ4n) is 3.92.